The fourth-order valence-corrected chi connectivity index (χ4v) is 3.62. The van der Waals surface area contributed by atoms with E-state index in [4.69, 9.17) is 9.47 Å². The summed E-state index contributed by atoms with van der Waals surface area (Å²) in [5.74, 6) is 1.00. The smallest absolute Gasteiger partial charge is 0.338 e. The summed E-state index contributed by atoms with van der Waals surface area (Å²) >= 11 is 0. The largest absolute Gasteiger partial charge is 0.493 e. The number of fused-ring (bicyclic) bond motifs is 1. The maximum atomic E-state index is 12.9. The van der Waals surface area contributed by atoms with E-state index in [0.29, 0.717) is 23.8 Å². The Morgan fingerprint density at radius 3 is 2.58 bits per heavy atom. The van der Waals surface area contributed by atoms with Crippen LogP contribution in [0.25, 0.3) is 0 Å². The van der Waals surface area contributed by atoms with Gasteiger partial charge < -0.3 is 14.8 Å². The molecule has 4 rings (SSSR count). The first-order chi connectivity index (χ1) is 15.0. The van der Waals surface area contributed by atoms with Crippen molar-refractivity contribution in [2.24, 2.45) is 0 Å². The minimum Gasteiger partial charge on any atom is -0.493 e. The number of aromatic nitrogens is 3. The van der Waals surface area contributed by atoms with Crippen LogP contribution < -0.4 is 10.1 Å². The molecule has 1 aromatic heterocycles. The summed E-state index contributed by atoms with van der Waals surface area (Å²) in [5, 5.41) is 7.48. The van der Waals surface area contributed by atoms with Crippen molar-refractivity contribution in [1.82, 2.24) is 14.8 Å². The quantitative estimate of drug-likeness (QED) is 0.581. The number of nitrogens with one attached hydrogen (secondary N) is 1. The molecule has 1 unspecified atom stereocenters. The number of benzene rings is 2. The fourth-order valence-electron chi connectivity index (χ4n) is 3.62. The maximum Gasteiger partial charge on any atom is 0.338 e. The van der Waals surface area contributed by atoms with Gasteiger partial charge in [-0.15, -0.1) is 0 Å². The van der Waals surface area contributed by atoms with Crippen LogP contribution in [-0.2, 0) is 16.0 Å². The first-order valence-electron chi connectivity index (χ1n) is 10.4. The molecule has 0 spiro atoms. The molecular weight excluding hydrogens is 392 g/mol. The van der Waals surface area contributed by atoms with Gasteiger partial charge in [-0.2, -0.15) is 10.1 Å². The molecule has 0 radical (unpaired) electrons. The monoisotopic (exact) mass is 418 g/mol. The van der Waals surface area contributed by atoms with E-state index in [1.807, 2.05) is 63.2 Å². The van der Waals surface area contributed by atoms with Crippen molar-refractivity contribution in [3.8, 4) is 5.75 Å². The zero-order valence-electron chi connectivity index (χ0n) is 17.9. The van der Waals surface area contributed by atoms with Gasteiger partial charge in [0, 0.05) is 12.1 Å². The normalized spacial score (nSPS) is 15.4. The molecule has 0 aliphatic carbocycles. The van der Waals surface area contributed by atoms with Crippen molar-refractivity contribution in [3.63, 3.8) is 0 Å². The predicted octanol–water partition coefficient (Wildman–Crippen LogP) is 4.14. The van der Waals surface area contributed by atoms with Crippen LogP contribution in [0.2, 0.25) is 0 Å². The van der Waals surface area contributed by atoms with Gasteiger partial charge in [0.1, 0.15) is 18.1 Å². The molecule has 0 fully saturated rings. The average Bonchev–Trinajstić information content (AvgIpc) is 3.21. The number of ether oxygens (including phenoxy) is 2. The standard InChI is InChI=1S/C24H26N4O3/c1-16(2)31-23(29)21-17(3)27-24-25-15-26-28(24)22(21)19-9-11-20(12-10-19)30-14-13-18-7-5-4-6-8-18/h4-12,15-16,22H,13-14H2,1-3H3,(H,25,26,27). The van der Waals surface area contributed by atoms with Crippen molar-refractivity contribution in [1.29, 1.82) is 0 Å². The number of carbonyl (C=O) groups is 1. The molecule has 7 heteroatoms. The summed E-state index contributed by atoms with van der Waals surface area (Å²) in [7, 11) is 0. The molecule has 31 heavy (non-hydrogen) atoms. The van der Waals surface area contributed by atoms with Gasteiger partial charge in [-0.05, 0) is 44.0 Å². The third-order valence-electron chi connectivity index (χ3n) is 5.06. The van der Waals surface area contributed by atoms with Crippen LogP contribution in [0.15, 0.2) is 72.2 Å². The van der Waals surface area contributed by atoms with Crippen LogP contribution in [0.3, 0.4) is 0 Å². The summed E-state index contributed by atoms with van der Waals surface area (Å²) in [6.07, 6.45) is 2.10. The lowest BCUT2D eigenvalue weighted by Gasteiger charge is -2.28. The second-order valence-electron chi connectivity index (χ2n) is 7.70. The second-order valence-corrected chi connectivity index (χ2v) is 7.70. The van der Waals surface area contributed by atoms with Gasteiger partial charge in [0.25, 0.3) is 0 Å². The highest BCUT2D eigenvalue weighted by atomic mass is 16.5. The van der Waals surface area contributed by atoms with Crippen molar-refractivity contribution in [3.05, 3.63) is 83.3 Å². The van der Waals surface area contributed by atoms with E-state index in [1.54, 1.807) is 4.68 Å². The highest BCUT2D eigenvalue weighted by Crippen LogP contribution is 2.35. The van der Waals surface area contributed by atoms with Crippen molar-refractivity contribution in [2.75, 3.05) is 11.9 Å². The number of rotatable bonds is 7. The molecule has 1 aliphatic rings. The Morgan fingerprint density at radius 1 is 1.13 bits per heavy atom. The third-order valence-corrected chi connectivity index (χ3v) is 5.06. The van der Waals surface area contributed by atoms with Crippen molar-refractivity contribution >= 4 is 11.9 Å². The van der Waals surface area contributed by atoms with Gasteiger partial charge in [-0.3, -0.25) is 0 Å². The van der Waals surface area contributed by atoms with Gasteiger partial charge in [-0.25, -0.2) is 9.48 Å². The molecule has 1 N–H and O–H groups in total. The van der Waals surface area contributed by atoms with Gasteiger partial charge in [0.2, 0.25) is 5.95 Å². The molecule has 7 nitrogen and oxygen atoms in total. The Balaban J connectivity index is 1.54. The van der Waals surface area contributed by atoms with Gasteiger partial charge in [-0.1, -0.05) is 42.5 Å². The molecule has 0 saturated heterocycles. The predicted molar refractivity (Wildman–Crippen MR) is 118 cm³/mol. The number of hydrogen-bond donors (Lipinski definition) is 1. The van der Waals surface area contributed by atoms with Gasteiger partial charge in [0.05, 0.1) is 18.3 Å². The number of nitrogens with zero attached hydrogens (tertiary/aromatic N) is 3. The van der Waals surface area contributed by atoms with E-state index >= 15 is 0 Å². The van der Waals surface area contributed by atoms with E-state index in [1.165, 1.54) is 11.9 Å². The third kappa shape index (κ3) is 4.60. The van der Waals surface area contributed by atoms with Crippen LogP contribution >= 0.6 is 0 Å². The molecule has 2 heterocycles. The average molecular weight is 418 g/mol. The Bertz CT molecular complexity index is 1070. The highest BCUT2D eigenvalue weighted by molar-refractivity contribution is 5.92. The Kier molecular flexibility index (Phi) is 6.02. The highest BCUT2D eigenvalue weighted by Gasteiger charge is 2.34. The second kappa shape index (κ2) is 9.04. The van der Waals surface area contributed by atoms with E-state index in [9.17, 15) is 4.79 Å². The molecule has 3 aromatic rings. The number of allylic oxidation sites excluding steroid dienone is 1. The zero-order chi connectivity index (χ0) is 21.8. The molecular formula is C24H26N4O3. The zero-order valence-corrected chi connectivity index (χ0v) is 17.9. The molecule has 0 amide bonds. The Hall–Kier alpha value is -3.61. The summed E-state index contributed by atoms with van der Waals surface area (Å²) in [6.45, 7) is 6.11. The van der Waals surface area contributed by atoms with Crippen LogP contribution in [0.4, 0.5) is 5.95 Å². The number of esters is 1. The first kappa shape index (κ1) is 20.7. The first-order valence-corrected chi connectivity index (χ1v) is 10.4. The van der Waals surface area contributed by atoms with E-state index in [2.05, 4.69) is 27.5 Å². The van der Waals surface area contributed by atoms with E-state index in [-0.39, 0.29) is 12.1 Å². The fraction of sp³-hybridized carbons (Fsp3) is 0.292. The summed E-state index contributed by atoms with van der Waals surface area (Å²) < 4.78 is 13.1. The Morgan fingerprint density at radius 2 is 1.87 bits per heavy atom. The van der Waals surface area contributed by atoms with Crippen LogP contribution in [0.1, 0.15) is 37.9 Å². The topological polar surface area (TPSA) is 78.3 Å². The molecule has 1 atom stereocenters. The van der Waals surface area contributed by atoms with Gasteiger partial charge >= 0.3 is 5.97 Å². The van der Waals surface area contributed by atoms with Crippen LogP contribution in [0.5, 0.6) is 5.75 Å². The minimum absolute atomic E-state index is 0.217. The maximum absolute atomic E-state index is 12.9. The van der Waals surface area contributed by atoms with Gasteiger partial charge in [0.15, 0.2) is 0 Å². The molecule has 0 saturated carbocycles. The summed E-state index contributed by atoms with van der Waals surface area (Å²) in [5.41, 5.74) is 3.36. The molecule has 0 bridgehead atoms. The number of carbonyl (C=O) groups excluding carboxylic acids is 1. The van der Waals surface area contributed by atoms with E-state index in [0.717, 1.165) is 17.7 Å². The molecule has 1 aliphatic heterocycles. The lowest BCUT2D eigenvalue weighted by atomic mass is 9.95. The summed E-state index contributed by atoms with van der Waals surface area (Å²) in [4.78, 5) is 17.1. The summed E-state index contributed by atoms with van der Waals surface area (Å²) in [6, 6.07) is 17.5. The van der Waals surface area contributed by atoms with Crippen LogP contribution in [0, 0.1) is 0 Å². The van der Waals surface area contributed by atoms with Crippen molar-refractivity contribution in [2.45, 2.75) is 39.3 Å². The molecule has 160 valence electrons. The van der Waals surface area contributed by atoms with E-state index < -0.39 is 6.04 Å². The Labute approximate surface area is 181 Å². The lowest BCUT2D eigenvalue weighted by molar-refractivity contribution is -0.143. The molecule has 2 aromatic carbocycles. The minimum atomic E-state index is -0.427. The number of anilines is 1. The number of hydrogen-bond acceptors (Lipinski definition) is 6. The lowest BCUT2D eigenvalue weighted by Crippen LogP contribution is -2.30. The SMILES string of the molecule is CC1=C(C(=O)OC(C)C)C(c2ccc(OCCc3ccccc3)cc2)n2ncnc2N1. The van der Waals surface area contributed by atoms with Crippen LogP contribution in [-0.4, -0.2) is 33.4 Å². The van der Waals surface area contributed by atoms with Crippen molar-refractivity contribution < 1.29 is 14.3 Å².